The van der Waals surface area contributed by atoms with Crippen molar-refractivity contribution in [3.8, 4) is 17.2 Å². The van der Waals surface area contributed by atoms with Gasteiger partial charge in [0.15, 0.2) is 11.5 Å². The fraction of sp³-hybridized carbons (Fsp3) is 0.533. The van der Waals surface area contributed by atoms with E-state index < -0.39 is 11.4 Å². The Kier molecular flexibility index (Phi) is 3.20. The van der Waals surface area contributed by atoms with E-state index in [1.54, 1.807) is 12.1 Å². The summed E-state index contributed by atoms with van der Waals surface area (Å²) in [6.45, 7) is 1.000. The molecule has 1 saturated carbocycles. The number of carbonyl (C=O) groups is 1. The van der Waals surface area contributed by atoms with Gasteiger partial charge in [-0.2, -0.15) is 0 Å². The molecule has 0 amide bonds. The van der Waals surface area contributed by atoms with E-state index in [0.717, 1.165) is 19.3 Å². The molecule has 0 unspecified atom stereocenters. The van der Waals surface area contributed by atoms with Crippen LogP contribution >= 0.6 is 0 Å². The number of fused-ring (bicyclic) bond motifs is 1. The molecule has 3 rings (SSSR count). The lowest BCUT2D eigenvalue weighted by molar-refractivity contribution is -0.143. The molecule has 0 saturated heterocycles. The van der Waals surface area contributed by atoms with Gasteiger partial charge in [0.1, 0.15) is 0 Å². The summed E-state index contributed by atoms with van der Waals surface area (Å²) in [5.74, 6) is -0.177. The van der Waals surface area contributed by atoms with Crippen molar-refractivity contribution >= 4 is 5.97 Å². The predicted molar refractivity (Wildman–Crippen MR) is 71.5 cm³/mol. The summed E-state index contributed by atoms with van der Waals surface area (Å²) < 4.78 is 11.0. The second kappa shape index (κ2) is 4.89. The zero-order valence-electron chi connectivity index (χ0n) is 11.2. The van der Waals surface area contributed by atoms with E-state index in [1.807, 2.05) is 0 Å². The Labute approximate surface area is 117 Å². The van der Waals surface area contributed by atoms with Crippen LogP contribution in [0.4, 0.5) is 0 Å². The Morgan fingerprint density at radius 1 is 1.10 bits per heavy atom. The number of carboxylic acid groups (broad SMARTS) is 1. The number of hydrogen-bond acceptors (Lipinski definition) is 4. The smallest absolute Gasteiger partial charge is 0.314 e. The molecule has 2 aliphatic rings. The first-order valence-corrected chi connectivity index (χ1v) is 7.00. The highest BCUT2D eigenvalue weighted by Gasteiger charge is 2.45. The Balaban J connectivity index is 2.10. The molecule has 1 fully saturated rings. The van der Waals surface area contributed by atoms with Gasteiger partial charge in [0.05, 0.1) is 18.6 Å². The maximum absolute atomic E-state index is 11.7. The molecule has 0 radical (unpaired) electrons. The molecule has 5 nitrogen and oxygen atoms in total. The van der Waals surface area contributed by atoms with Crippen LogP contribution in [0.25, 0.3) is 0 Å². The van der Waals surface area contributed by atoms with E-state index in [0.29, 0.717) is 37.4 Å². The summed E-state index contributed by atoms with van der Waals surface area (Å²) in [6.07, 6.45) is 3.57. The molecule has 1 heterocycles. The van der Waals surface area contributed by atoms with Gasteiger partial charge in [0, 0.05) is 12.0 Å². The third-order valence-electron chi connectivity index (χ3n) is 4.27. The molecule has 0 bridgehead atoms. The van der Waals surface area contributed by atoms with Gasteiger partial charge in [-0.15, -0.1) is 0 Å². The molecule has 1 aromatic rings. The summed E-state index contributed by atoms with van der Waals surface area (Å²) in [6, 6.07) is 3.38. The fourth-order valence-corrected chi connectivity index (χ4v) is 3.18. The number of hydrogen-bond donors (Lipinski definition) is 2. The molecule has 5 heteroatoms. The quantitative estimate of drug-likeness (QED) is 0.869. The first kappa shape index (κ1) is 13.1. The third-order valence-corrected chi connectivity index (χ3v) is 4.27. The summed E-state index contributed by atoms with van der Waals surface area (Å²) in [4.78, 5) is 11.7. The van der Waals surface area contributed by atoms with Crippen molar-refractivity contribution in [3.05, 3.63) is 17.7 Å². The summed E-state index contributed by atoms with van der Waals surface area (Å²) in [5.41, 5.74) is -0.541. The van der Waals surface area contributed by atoms with E-state index in [2.05, 4.69) is 0 Å². The number of ether oxygens (including phenoxy) is 2. The number of rotatable bonds is 2. The number of aliphatic carboxylic acids is 1. The average molecular weight is 278 g/mol. The number of phenols is 1. The van der Waals surface area contributed by atoms with Crippen LogP contribution in [0.1, 0.15) is 37.7 Å². The average Bonchev–Trinajstić information content (AvgIpc) is 2.79. The van der Waals surface area contributed by atoms with Crippen molar-refractivity contribution in [2.75, 3.05) is 13.2 Å². The van der Waals surface area contributed by atoms with E-state index in [9.17, 15) is 15.0 Å². The number of aromatic hydroxyl groups is 1. The van der Waals surface area contributed by atoms with E-state index in [1.165, 1.54) is 0 Å². The van der Waals surface area contributed by atoms with Crippen LogP contribution in [0.5, 0.6) is 17.2 Å². The standard InChI is InChI=1S/C15H18O5/c16-12-10(15(14(17)18)6-1-2-7-15)4-5-11-13(12)20-9-3-8-19-11/h4-5,16H,1-3,6-9H2,(H,17,18). The first-order chi connectivity index (χ1) is 9.65. The minimum Gasteiger partial charge on any atom is -0.504 e. The van der Waals surface area contributed by atoms with Crippen LogP contribution < -0.4 is 9.47 Å². The predicted octanol–water partition coefficient (Wildman–Crippen LogP) is 2.45. The zero-order valence-corrected chi connectivity index (χ0v) is 11.2. The van der Waals surface area contributed by atoms with Gasteiger partial charge in [-0.1, -0.05) is 18.9 Å². The maximum atomic E-state index is 11.7. The fourth-order valence-electron chi connectivity index (χ4n) is 3.18. The van der Waals surface area contributed by atoms with Crippen LogP contribution in [0.15, 0.2) is 12.1 Å². The molecule has 108 valence electrons. The zero-order chi connectivity index (χ0) is 14.2. The van der Waals surface area contributed by atoms with Gasteiger partial charge >= 0.3 is 5.97 Å². The van der Waals surface area contributed by atoms with Gasteiger partial charge < -0.3 is 19.7 Å². The van der Waals surface area contributed by atoms with Crippen molar-refractivity contribution in [1.82, 2.24) is 0 Å². The van der Waals surface area contributed by atoms with Crippen LogP contribution in [0.2, 0.25) is 0 Å². The van der Waals surface area contributed by atoms with E-state index >= 15 is 0 Å². The molecule has 2 N–H and O–H groups in total. The summed E-state index contributed by atoms with van der Waals surface area (Å²) in [7, 11) is 0. The minimum absolute atomic E-state index is 0.0753. The molecule has 1 aliphatic carbocycles. The van der Waals surface area contributed by atoms with Gasteiger partial charge in [-0.25, -0.2) is 0 Å². The van der Waals surface area contributed by atoms with Gasteiger partial charge in [0.25, 0.3) is 0 Å². The minimum atomic E-state index is -0.991. The Hall–Kier alpha value is -1.91. The lowest BCUT2D eigenvalue weighted by Crippen LogP contribution is -2.32. The summed E-state index contributed by atoms with van der Waals surface area (Å²) in [5, 5.41) is 20.1. The molecule has 20 heavy (non-hydrogen) atoms. The maximum Gasteiger partial charge on any atom is 0.314 e. The van der Waals surface area contributed by atoms with E-state index in [-0.39, 0.29) is 11.5 Å². The molecule has 0 spiro atoms. The molecule has 1 aliphatic heterocycles. The number of benzene rings is 1. The highest BCUT2D eigenvalue weighted by atomic mass is 16.5. The highest BCUT2D eigenvalue weighted by molar-refractivity contribution is 5.83. The van der Waals surface area contributed by atoms with Crippen LogP contribution in [0, 0.1) is 0 Å². The number of carboxylic acids is 1. The van der Waals surface area contributed by atoms with Crippen molar-refractivity contribution in [2.45, 2.75) is 37.5 Å². The largest absolute Gasteiger partial charge is 0.504 e. The van der Waals surface area contributed by atoms with Gasteiger partial charge in [-0.3, -0.25) is 4.79 Å². The monoisotopic (exact) mass is 278 g/mol. The van der Waals surface area contributed by atoms with Crippen LogP contribution in [-0.2, 0) is 10.2 Å². The molecule has 0 aromatic heterocycles. The van der Waals surface area contributed by atoms with Crippen LogP contribution in [0.3, 0.4) is 0 Å². The van der Waals surface area contributed by atoms with Crippen molar-refractivity contribution < 1.29 is 24.5 Å². The van der Waals surface area contributed by atoms with Crippen molar-refractivity contribution in [3.63, 3.8) is 0 Å². The number of phenolic OH excluding ortho intramolecular Hbond substituents is 1. The third kappa shape index (κ3) is 1.88. The second-order valence-electron chi connectivity index (χ2n) is 5.43. The Bertz CT molecular complexity index is 531. The lowest BCUT2D eigenvalue weighted by atomic mass is 9.78. The van der Waals surface area contributed by atoms with Crippen molar-refractivity contribution in [1.29, 1.82) is 0 Å². The molecule has 1 aromatic carbocycles. The van der Waals surface area contributed by atoms with E-state index in [4.69, 9.17) is 9.47 Å². The Morgan fingerprint density at radius 3 is 2.50 bits per heavy atom. The molecular weight excluding hydrogens is 260 g/mol. The molecular formula is C15H18O5. The van der Waals surface area contributed by atoms with Crippen LogP contribution in [-0.4, -0.2) is 29.4 Å². The second-order valence-corrected chi connectivity index (χ2v) is 5.43. The SMILES string of the molecule is O=C(O)C1(c2ccc3c(c2O)OCCCO3)CCCC1. The highest BCUT2D eigenvalue weighted by Crippen LogP contribution is 2.50. The first-order valence-electron chi connectivity index (χ1n) is 7.00. The van der Waals surface area contributed by atoms with Crippen molar-refractivity contribution in [2.24, 2.45) is 0 Å². The normalized spacial score (nSPS) is 20.4. The summed E-state index contributed by atoms with van der Waals surface area (Å²) >= 11 is 0. The van der Waals surface area contributed by atoms with Gasteiger partial charge in [-0.05, 0) is 18.9 Å². The van der Waals surface area contributed by atoms with Gasteiger partial charge in [0.2, 0.25) is 5.75 Å². The Morgan fingerprint density at radius 2 is 1.80 bits per heavy atom. The topological polar surface area (TPSA) is 76.0 Å². The molecule has 0 atom stereocenters. The lowest BCUT2D eigenvalue weighted by Gasteiger charge is -2.26.